The summed E-state index contributed by atoms with van der Waals surface area (Å²) in [6.45, 7) is 5.70. The molecule has 22 heavy (non-hydrogen) atoms. The molecule has 0 saturated heterocycles. The number of hydrogen-bond donors (Lipinski definition) is 2. The molecule has 0 fully saturated rings. The lowest BCUT2D eigenvalue weighted by atomic mass is 10.1. The van der Waals surface area contributed by atoms with Gasteiger partial charge in [0.1, 0.15) is 5.69 Å². The van der Waals surface area contributed by atoms with Crippen molar-refractivity contribution < 1.29 is 4.79 Å². The zero-order valence-electron chi connectivity index (χ0n) is 13.2. The van der Waals surface area contributed by atoms with E-state index in [1.54, 1.807) is 12.3 Å². The van der Waals surface area contributed by atoms with Crippen LogP contribution in [0.2, 0.25) is 0 Å². The summed E-state index contributed by atoms with van der Waals surface area (Å²) >= 11 is 0. The van der Waals surface area contributed by atoms with E-state index in [1.807, 2.05) is 24.3 Å². The van der Waals surface area contributed by atoms with Gasteiger partial charge < -0.3 is 10.6 Å². The highest BCUT2D eigenvalue weighted by Gasteiger charge is 2.06. The molecule has 0 unspecified atom stereocenters. The van der Waals surface area contributed by atoms with Crippen molar-refractivity contribution in [2.75, 3.05) is 11.9 Å². The zero-order valence-corrected chi connectivity index (χ0v) is 13.2. The monoisotopic (exact) mass is 297 g/mol. The number of hydrogen-bond acceptors (Lipinski definition) is 3. The molecule has 2 N–H and O–H groups in total. The lowest BCUT2D eigenvalue weighted by Crippen LogP contribution is -2.26. The molecule has 2 aromatic rings. The molecule has 0 aliphatic rings. The highest BCUT2D eigenvalue weighted by Crippen LogP contribution is 2.09. The number of carbonyl (C=O) groups is 1. The summed E-state index contributed by atoms with van der Waals surface area (Å²) in [7, 11) is 0. The van der Waals surface area contributed by atoms with Crippen molar-refractivity contribution in [3.63, 3.8) is 0 Å². The Morgan fingerprint density at radius 3 is 2.55 bits per heavy atom. The van der Waals surface area contributed by atoms with E-state index in [4.69, 9.17) is 0 Å². The van der Waals surface area contributed by atoms with Gasteiger partial charge in [-0.15, -0.1) is 0 Å². The van der Waals surface area contributed by atoms with Crippen LogP contribution in [0.1, 0.15) is 36.3 Å². The van der Waals surface area contributed by atoms with Gasteiger partial charge in [-0.2, -0.15) is 0 Å². The van der Waals surface area contributed by atoms with Crippen LogP contribution in [0.5, 0.6) is 0 Å². The fourth-order valence-electron chi connectivity index (χ4n) is 2.00. The smallest absolute Gasteiger partial charge is 0.269 e. The van der Waals surface area contributed by atoms with E-state index >= 15 is 0 Å². The van der Waals surface area contributed by atoms with Crippen molar-refractivity contribution in [3.05, 3.63) is 59.9 Å². The summed E-state index contributed by atoms with van der Waals surface area (Å²) in [4.78, 5) is 16.1. The van der Waals surface area contributed by atoms with Crippen molar-refractivity contribution in [2.24, 2.45) is 5.92 Å². The summed E-state index contributed by atoms with van der Waals surface area (Å²) in [5.74, 6) is 0.466. The molecule has 0 saturated carbocycles. The summed E-state index contributed by atoms with van der Waals surface area (Å²) < 4.78 is 0. The maximum absolute atomic E-state index is 11.9. The first-order valence-corrected chi connectivity index (χ1v) is 7.67. The predicted molar refractivity (Wildman–Crippen MR) is 89.8 cm³/mol. The Hall–Kier alpha value is -2.36. The number of amides is 1. The van der Waals surface area contributed by atoms with E-state index in [0.717, 1.165) is 18.7 Å². The van der Waals surface area contributed by atoms with Crippen LogP contribution in [0, 0.1) is 5.92 Å². The lowest BCUT2D eigenvalue weighted by molar-refractivity contribution is 0.0947. The first-order valence-electron chi connectivity index (χ1n) is 7.67. The quantitative estimate of drug-likeness (QED) is 0.823. The van der Waals surface area contributed by atoms with Gasteiger partial charge in [0.2, 0.25) is 0 Å². The van der Waals surface area contributed by atoms with Gasteiger partial charge >= 0.3 is 0 Å². The second-order valence-electron chi connectivity index (χ2n) is 5.71. The van der Waals surface area contributed by atoms with Crippen molar-refractivity contribution in [1.82, 2.24) is 10.3 Å². The Bertz CT molecular complexity index is 579. The van der Waals surface area contributed by atoms with E-state index in [9.17, 15) is 4.79 Å². The van der Waals surface area contributed by atoms with Gasteiger partial charge in [-0.3, -0.25) is 4.79 Å². The molecule has 1 aromatic carbocycles. The molecule has 4 nitrogen and oxygen atoms in total. The molecule has 0 spiro atoms. The summed E-state index contributed by atoms with van der Waals surface area (Å²) in [6, 6.07) is 13.8. The maximum atomic E-state index is 11.9. The van der Waals surface area contributed by atoms with Gasteiger partial charge in [0.25, 0.3) is 5.91 Å². The highest BCUT2D eigenvalue weighted by atomic mass is 16.1. The predicted octanol–water partition coefficient (Wildman–Crippen LogP) is 3.47. The van der Waals surface area contributed by atoms with E-state index in [0.29, 0.717) is 18.2 Å². The summed E-state index contributed by atoms with van der Waals surface area (Å²) in [5, 5.41) is 6.18. The van der Waals surface area contributed by atoms with Gasteiger partial charge in [-0.1, -0.05) is 44.2 Å². The molecular formula is C18H23N3O. The average Bonchev–Trinajstić information content (AvgIpc) is 2.54. The number of aromatic nitrogens is 1. The second kappa shape index (κ2) is 8.17. The third kappa shape index (κ3) is 5.20. The minimum absolute atomic E-state index is 0.116. The number of nitrogens with zero attached hydrogens (tertiary/aromatic N) is 1. The zero-order chi connectivity index (χ0) is 15.8. The van der Waals surface area contributed by atoms with Crippen molar-refractivity contribution in [1.29, 1.82) is 0 Å². The van der Waals surface area contributed by atoms with E-state index in [-0.39, 0.29) is 5.91 Å². The van der Waals surface area contributed by atoms with Crippen LogP contribution in [-0.4, -0.2) is 17.4 Å². The Morgan fingerprint density at radius 2 is 1.91 bits per heavy atom. The number of benzene rings is 1. The first kappa shape index (κ1) is 16.0. The van der Waals surface area contributed by atoms with Crippen LogP contribution in [0.25, 0.3) is 0 Å². The molecule has 1 aromatic heterocycles. The third-order valence-electron chi connectivity index (χ3n) is 3.34. The van der Waals surface area contributed by atoms with Crippen molar-refractivity contribution in [2.45, 2.75) is 26.8 Å². The molecule has 1 amide bonds. The Labute approximate surface area is 132 Å². The van der Waals surface area contributed by atoms with E-state index in [1.165, 1.54) is 5.56 Å². The topological polar surface area (TPSA) is 54.0 Å². The summed E-state index contributed by atoms with van der Waals surface area (Å²) in [6.07, 6.45) is 2.67. The van der Waals surface area contributed by atoms with Crippen molar-refractivity contribution >= 4 is 11.6 Å². The molecular weight excluding hydrogens is 274 g/mol. The number of carbonyl (C=O) groups excluding carboxylic acids is 1. The van der Waals surface area contributed by atoms with Crippen LogP contribution in [-0.2, 0) is 6.54 Å². The van der Waals surface area contributed by atoms with Crippen LogP contribution in [0.3, 0.4) is 0 Å². The van der Waals surface area contributed by atoms with Crippen LogP contribution in [0.15, 0.2) is 48.7 Å². The second-order valence-corrected chi connectivity index (χ2v) is 5.71. The number of nitrogens with one attached hydrogen (secondary N) is 2. The molecule has 4 heteroatoms. The van der Waals surface area contributed by atoms with Crippen molar-refractivity contribution in [3.8, 4) is 0 Å². The van der Waals surface area contributed by atoms with Crippen LogP contribution in [0.4, 0.5) is 5.69 Å². The largest absolute Gasteiger partial charge is 0.380 e. The number of rotatable bonds is 7. The molecule has 0 radical (unpaired) electrons. The standard InChI is InChI=1S/C18H23N3O/c1-14(2)10-11-19-18(22)17-9-8-16(13-21-17)20-12-15-6-4-3-5-7-15/h3-9,13-14,20H,10-12H2,1-2H3,(H,19,22). The molecule has 0 atom stereocenters. The van der Waals surface area contributed by atoms with Gasteiger partial charge in [0, 0.05) is 13.1 Å². The highest BCUT2D eigenvalue weighted by molar-refractivity contribution is 5.92. The van der Waals surface area contributed by atoms with E-state index < -0.39 is 0 Å². The van der Waals surface area contributed by atoms with Gasteiger partial charge in [0.15, 0.2) is 0 Å². The molecule has 2 rings (SSSR count). The van der Waals surface area contributed by atoms with E-state index in [2.05, 4.69) is 41.6 Å². The van der Waals surface area contributed by atoms with Crippen LogP contribution >= 0.6 is 0 Å². The molecule has 116 valence electrons. The molecule has 0 aliphatic heterocycles. The SMILES string of the molecule is CC(C)CCNC(=O)c1ccc(NCc2ccccc2)cn1. The normalized spacial score (nSPS) is 10.5. The molecule has 1 heterocycles. The Morgan fingerprint density at radius 1 is 1.14 bits per heavy atom. The molecule has 0 bridgehead atoms. The number of anilines is 1. The Balaban J connectivity index is 1.83. The average molecular weight is 297 g/mol. The lowest BCUT2D eigenvalue weighted by Gasteiger charge is -2.08. The first-order chi connectivity index (χ1) is 10.6. The third-order valence-corrected chi connectivity index (χ3v) is 3.34. The van der Waals surface area contributed by atoms with Gasteiger partial charge in [0.05, 0.1) is 11.9 Å². The molecule has 0 aliphatic carbocycles. The summed E-state index contributed by atoms with van der Waals surface area (Å²) in [5.41, 5.74) is 2.56. The van der Waals surface area contributed by atoms with Crippen LogP contribution < -0.4 is 10.6 Å². The Kier molecular flexibility index (Phi) is 5.95. The maximum Gasteiger partial charge on any atom is 0.269 e. The minimum Gasteiger partial charge on any atom is -0.380 e. The minimum atomic E-state index is -0.116. The van der Waals surface area contributed by atoms with Gasteiger partial charge in [-0.25, -0.2) is 4.98 Å². The fraction of sp³-hybridized carbons (Fsp3) is 0.333. The van der Waals surface area contributed by atoms with Gasteiger partial charge in [-0.05, 0) is 30.0 Å². The number of pyridine rings is 1. The fourth-order valence-corrected chi connectivity index (χ4v) is 2.00.